The number of aliphatic hydroxyl groups is 1. The molecule has 2 rings (SSSR count). The number of halogens is 1. The molecular weight excluding hydrogens is 245 g/mol. The van der Waals surface area contributed by atoms with Gasteiger partial charge in [0.2, 0.25) is 5.91 Å². The molecule has 1 aromatic carbocycles. The maximum atomic E-state index is 13.0. The van der Waals surface area contributed by atoms with Crippen LogP contribution in [0.4, 0.5) is 4.39 Å². The highest BCUT2D eigenvalue weighted by molar-refractivity contribution is 5.77. The van der Waals surface area contributed by atoms with Gasteiger partial charge in [0.15, 0.2) is 0 Å². The van der Waals surface area contributed by atoms with Crippen molar-refractivity contribution in [1.82, 2.24) is 5.32 Å². The molecule has 0 saturated heterocycles. The maximum absolute atomic E-state index is 13.0. The van der Waals surface area contributed by atoms with Crippen LogP contribution in [0.1, 0.15) is 44.1 Å². The Morgan fingerprint density at radius 2 is 2.05 bits per heavy atom. The van der Waals surface area contributed by atoms with Gasteiger partial charge >= 0.3 is 0 Å². The number of nitrogens with one attached hydrogen (secondary N) is 1. The fraction of sp³-hybridized carbons (Fsp3) is 0.533. The molecule has 1 aromatic rings. The van der Waals surface area contributed by atoms with E-state index in [2.05, 4.69) is 5.32 Å². The summed E-state index contributed by atoms with van der Waals surface area (Å²) in [6, 6.07) is 6.15. The highest BCUT2D eigenvalue weighted by Crippen LogP contribution is 2.30. The molecule has 0 aromatic heterocycles. The zero-order valence-corrected chi connectivity index (χ0v) is 11.0. The predicted octanol–water partition coefficient (Wildman–Crippen LogP) is 2.53. The molecule has 1 fully saturated rings. The van der Waals surface area contributed by atoms with E-state index < -0.39 is 5.60 Å². The van der Waals surface area contributed by atoms with Gasteiger partial charge < -0.3 is 10.4 Å². The third kappa shape index (κ3) is 4.31. The van der Waals surface area contributed by atoms with Gasteiger partial charge in [-0.1, -0.05) is 31.4 Å². The molecule has 1 saturated carbocycles. The van der Waals surface area contributed by atoms with Gasteiger partial charge in [-0.15, -0.1) is 0 Å². The highest BCUT2D eigenvalue weighted by atomic mass is 19.1. The third-order valence-electron chi connectivity index (χ3n) is 3.65. The summed E-state index contributed by atoms with van der Waals surface area (Å²) in [6.45, 7) is 0.298. The summed E-state index contributed by atoms with van der Waals surface area (Å²) in [5.74, 6) is -0.480. The largest absolute Gasteiger partial charge is 0.389 e. The predicted molar refractivity (Wildman–Crippen MR) is 70.9 cm³/mol. The molecule has 0 atom stereocenters. The van der Waals surface area contributed by atoms with Crippen LogP contribution in [0.25, 0.3) is 0 Å². The number of hydrogen-bond donors (Lipinski definition) is 2. The first-order valence-electron chi connectivity index (χ1n) is 6.81. The lowest BCUT2D eigenvalue weighted by Crippen LogP contribution is -2.38. The SMILES string of the molecule is O=C(CC1(O)CCCCC1)NCc1cccc(F)c1. The van der Waals surface area contributed by atoms with Gasteiger partial charge in [0.1, 0.15) is 5.82 Å². The van der Waals surface area contributed by atoms with Gasteiger partial charge in [-0.2, -0.15) is 0 Å². The normalized spacial score (nSPS) is 18.0. The second kappa shape index (κ2) is 6.15. The Bertz CT molecular complexity index is 442. The Morgan fingerprint density at radius 1 is 1.32 bits per heavy atom. The topological polar surface area (TPSA) is 49.3 Å². The molecule has 2 N–H and O–H groups in total. The summed E-state index contributed by atoms with van der Waals surface area (Å²) >= 11 is 0. The lowest BCUT2D eigenvalue weighted by atomic mass is 9.82. The minimum Gasteiger partial charge on any atom is -0.389 e. The molecule has 0 aliphatic heterocycles. The van der Waals surface area contributed by atoms with Crippen LogP contribution < -0.4 is 5.32 Å². The van der Waals surface area contributed by atoms with Crippen molar-refractivity contribution in [2.75, 3.05) is 0 Å². The molecule has 1 aliphatic carbocycles. The number of hydrogen-bond acceptors (Lipinski definition) is 2. The van der Waals surface area contributed by atoms with Crippen LogP contribution in [-0.2, 0) is 11.3 Å². The number of carbonyl (C=O) groups excluding carboxylic acids is 1. The van der Waals surface area contributed by atoms with Crippen LogP contribution >= 0.6 is 0 Å². The Labute approximate surface area is 112 Å². The smallest absolute Gasteiger partial charge is 0.223 e. The average molecular weight is 265 g/mol. The van der Waals surface area contributed by atoms with Gasteiger partial charge in [0, 0.05) is 6.54 Å². The van der Waals surface area contributed by atoms with E-state index in [9.17, 15) is 14.3 Å². The number of carbonyl (C=O) groups is 1. The third-order valence-corrected chi connectivity index (χ3v) is 3.65. The summed E-state index contributed by atoms with van der Waals surface area (Å²) in [5.41, 5.74) is -0.117. The van der Waals surface area contributed by atoms with Crippen LogP contribution in [-0.4, -0.2) is 16.6 Å². The van der Waals surface area contributed by atoms with Crippen molar-refractivity contribution in [3.63, 3.8) is 0 Å². The van der Waals surface area contributed by atoms with Crippen LogP contribution in [0.3, 0.4) is 0 Å². The van der Waals surface area contributed by atoms with E-state index in [0.717, 1.165) is 24.8 Å². The Balaban J connectivity index is 1.81. The van der Waals surface area contributed by atoms with Crippen LogP contribution in [0.15, 0.2) is 24.3 Å². The van der Waals surface area contributed by atoms with E-state index in [1.54, 1.807) is 12.1 Å². The van der Waals surface area contributed by atoms with Crippen molar-refractivity contribution in [1.29, 1.82) is 0 Å². The van der Waals surface area contributed by atoms with Crippen molar-refractivity contribution in [3.8, 4) is 0 Å². The maximum Gasteiger partial charge on any atom is 0.223 e. The standard InChI is InChI=1S/C15H20FNO2/c16-13-6-4-5-12(9-13)11-17-14(18)10-15(19)7-2-1-3-8-15/h4-6,9,19H,1-3,7-8,10-11H2,(H,17,18). The molecule has 3 nitrogen and oxygen atoms in total. The number of rotatable bonds is 4. The number of benzene rings is 1. The van der Waals surface area contributed by atoms with Crippen molar-refractivity contribution in [2.24, 2.45) is 0 Å². The first kappa shape index (κ1) is 14.0. The van der Waals surface area contributed by atoms with Crippen molar-refractivity contribution in [2.45, 2.75) is 50.7 Å². The van der Waals surface area contributed by atoms with E-state index in [4.69, 9.17) is 0 Å². The van der Waals surface area contributed by atoms with Crippen molar-refractivity contribution >= 4 is 5.91 Å². The molecular formula is C15H20FNO2. The second-order valence-corrected chi connectivity index (χ2v) is 5.37. The lowest BCUT2D eigenvalue weighted by Gasteiger charge is -2.31. The average Bonchev–Trinajstić information content (AvgIpc) is 2.37. The minimum absolute atomic E-state index is 0.141. The summed E-state index contributed by atoms with van der Waals surface area (Å²) in [4.78, 5) is 11.8. The summed E-state index contributed by atoms with van der Waals surface area (Å²) < 4.78 is 13.0. The molecule has 0 unspecified atom stereocenters. The number of amides is 1. The van der Waals surface area contributed by atoms with Gasteiger partial charge in [0.25, 0.3) is 0 Å². The lowest BCUT2D eigenvalue weighted by molar-refractivity contribution is -0.127. The Morgan fingerprint density at radius 3 is 2.74 bits per heavy atom. The van der Waals surface area contributed by atoms with Crippen LogP contribution in [0.2, 0.25) is 0 Å². The van der Waals surface area contributed by atoms with Crippen molar-refractivity contribution in [3.05, 3.63) is 35.6 Å². The molecule has 0 radical (unpaired) electrons. The summed E-state index contributed by atoms with van der Waals surface area (Å²) in [7, 11) is 0. The summed E-state index contributed by atoms with van der Waals surface area (Å²) in [6.07, 6.45) is 4.62. The molecule has 104 valence electrons. The monoisotopic (exact) mass is 265 g/mol. The van der Waals surface area contributed by atoms with E-state index in [1.807, 2.05) is 0 Å². The quantitative estimate of drug-likeness (QED) is 0.879. The molecule has 4 heteroatoms. The molecule has 1 amide bonds. The van der Waals surface area contributed by atoms with Gasteiger partial charge in [-0.05, 0) is 30.5 Å². The van der Waals surface area contributed by atoms with Crippen LogP contribution in [0.5, 0.6) is 0 Å². The first-order chi connectivity index (χ1) is 9.07. The van der Waals surface area contributed by atoms with Gasteiger partial charge in [-0.3, -0.25) is 4.79 Å². The molecule has 0 spiro atoms. The van der Waals surface area contributed by atoms with Crippen LogP contribution in [0, 0.1) is 5.82 Å². The Hall–Kier alpha value is -1.42. The van der Waals surface area contributed by atoms with E-state index in [0.29, 0.717) is 19.4 Å². The van der Waals surface area contributed by atoms with E-state index >= 15 is 0 Å². The van der Waals surface area contributed by atoms with E-state index in [1.165, 1.54) is 12.1 Å². The molecule has 0 bridgehead atoms. The summed E-state index contributed by atoms with van der Waals surface area (Å²) in [5, 5.41) is 13.0. The molecule has 0 heterocycles. The van der Waals surface area contributed by atoms with E-state index in [-0.39, 0.29) is 18.1 Å². The zero-order valence-electron chi connectivity index (χ0n) is 11.0. The second-order valence-electron chi connectivity index (χ2n) is 5.37. The Kier molecular flexibility index (Phi) is 4.53. The minimum atomic E-state index is -0.843. The van der Waals surface area contributed by atoms with Gasteiger partial charge in [-0.25, -0.2) is 4.39 Å². The highest BCUT2D eigenvalue weighted by Gasteiger charge is 2.31. The zero-order chi connectivity index (χ0) is 13.7. The van der Waals surface area contributed by atoms with Gasteiger partial charge in [0.05, 0.1) is 12.0 Å². The van der Waals surface area contributed by atoms with Crippen molar-refractivity contribution < 1.29 is 14.3 Å². The molecule has 19 heavy (non-hydrogen) atoms. The molecule has 1 aliphatic rings. The fourth-order valence-corrected chi connectivity index (χ4v) is 2.60. The fourth-order valence-electron chi connectivity index (χ4n) is 2.60. The first-order valence-corrected chi connectivity index (χ1v) is 6.81.